The average Bonchev–Trinajstić information content (AvgIpc) is 2.67. The minimum absolute atomic E-state index is 0.243. The van der Waals surface area contributed by atoms with Crippen molar-refractivity contribution in [3.05, 3.63) is 23.8 Å². The summed E-state index contributed by atoms with van der Waals surface area (Å²) in [6.07, 6.45) is 1.45. The number of ether oxygens (including phenoxy) is 3. The average molecular weight is 378 g/mol. The van der Waals surface area contributed by atoms with Gasteiger partial charge in [-0.3, -0.25) is 4.90 Å². The van der Waals surface area contributed by atoms with Crippen LogP contribution in [0.3, 0.4) is 0 Å². The van der Waals surface area contributed by atoms with Crippen LogP contribution in [0.4, 0.5) is 0 Å². The SMILES string of the molecule is COc1ccc(CN2CCOCC2)cc1OCC#CC1(O)CCSCC1. The summed E-state index contributed by atoms with van der Waals surface area (Å²) >= 11 is 1.87. The zero-order chi connectivity index (χ0) is 18.2. The number of rotatable bonds is 5. The zero-order valence-corrected chi connectivity index (χ0v) is 16.1. The third-order valence-corrected chi connectivity index (χ3v) is 5.66. The molecule has 26 heavy (non-hydrogen) atoms. The molecular formula is C20H27NO4S. The highest BCUT2D eigenvalue weighted by molar-refractivity contribution is 7.99. The van der Waals surface area contributed by atoms with Gasteiger partial charge in [0, 0.05) is 19.6 Å². The molecule has 0 bridgehead atoms. The van der Waals surface area contributed by atoms with E-state index in [9.17, 15) is 5.11 Å². The van der Waals surface area contributed by atoms with Crippen LogP contribution in [0.2, 0.25) is 0 Å². The van der Waals surface area contributed by atoms with Gasteiger partial charge >= 0.3 is 0 Å². The lowest BCUT2D eigenvalue weighted by Gasteiger charge is -2.26. The Balaban J connectivity index is 1.59. The molecule has 0 unspecified atom stereocenters. The molecule has 0 aromatic heterocycles. The summed E-state index contributed by atoms with van der Waals surface area (Å²) in [6, 6.07) is 6.02. The van der Waals surface area contributed by atoms with Crippen LogP contribution in [0.25, 0.3) is 0 Å². The minimum Gasteiger partial charge on any atom is -0.493 e. The van der Waals surface area contributed by atoms with Crippen LogP contribution < -0.4 is 9.47 Å². The summed E-state index contributed by atoms with van der Waals surface area (Å²) < 4.78 is 16.6. The summed E-state index contributed by atoms with van der Waals surface area (Å²) in [7, 11) is 1.64. The number of benzene rings is 1. The first-order valence-corrected chi connectivity index (χ1v) is 10.2. The molecular weight excluding hydrogens is 350 g/mol. The van der Waals surface area contributed by atoms with Crippen LogP contribution in [0.15, 0.2) is 18.2 Å². The number of thioether (sulfide) groups is 1. The highest BCUT2D eigenvalue weighted by atomic mass is 32.2. The first-order chi connectivity index (χ1) is 12.7. The molecule has 1 aromatic carbocycles. The van der Waals surface area contributed by atoms with E-state index in [1.165, 1.54) is 5.56 Å². The lowest BCUT2D eigenvalue weighted by atomic mass is 9.98. The second kappa shape index (κ2) is 9.52. The van der Waals surface area contributed by atoms with E-state index in [0.29, 0.717) is 11.5 Å². The predicted molar refractivity (Wildman–Crippen MR) is 104 cm³/mol. The Morgan fingerprint density at radius 1 is 1.23 bits per heavy atom. The summed E-state index contributed by atoms with van der Waals surface area (Å²) in [5.74, 6) is 9.29. The highest BCUT2D eigenvalue weighted by Gasteiger charge is 2.26. The van der Waals surface area contributed by atoms with E-state index < -0.39 is 5.60 Å². The Kier molecular flexibility index (Phi) is 7.09. The van der Waals surface area contributed by atoms with Crippen molar-refractivity contribution in [3.8, 4) is 23.3 Å². The number of nitrogens with zero attached hydrogens (tertiary/aromatic N) is 1. The smallest absolute Gasteiger partial charge is 0.162 e. The fourth-order valence-corrected chi connectivity index (χ4v) is 4.27. The first kappa shape index (κ1) is 19.4. The summed E-state index contributed by atoms with van der Waals surface area (Å²) in [4.78, 5) is 2.37. The van der Waals surface area contributed by atoms with Crippen molar-refractivity contribution in [2.75, 3.05) is 51.5 Å². The number of hydrogen-bond donors (Lipinski definition) is 1. The summed E-state index contributed by atoms with van der Waals surface area (Å²) in [6.45, 7) is 4.59. The van der Waals surface area contributed by atoms with Crippen molar-refractivity contribution in [2.24, 2.45) is 0 Å². The van der Waals surface area contributed by atoms with Crippen molar-refractivity contribution >= 4 is 11.8 Å². The van der Waals surface area contributed by atoms with E-state index in [4.69, 9.17) is 14.2 Å². The molecule has 0 aliphatic carbocycles. The molecule has 2 heterocycles. The van der Waals surface area contributed by atoms with Crippen LogP contribution in [-0.2, 0) is 11.3 Å². The van der Waals surface area contributed by atoms with Gasteiger partial charge in [-0.15, -0.1) is 0 Å². The van der Waals surface area contributed by atoms with Crippen LogP contribution in [0, 0.1) is 11.8 Å². The van der Waals surface area contributed by atoms with Crippen molar-refractivity contribution in [1.82, 2.24) is 4.90 Å². The Hall–Kier alpha value is -1.39. The van der Waals surface area contributed by atoms with Gasteiger partial charge in [0.1, 0.15) is 12.2 Å². The Labute approximate surface area is 160 Å². The molecule has 6 heteroatoms. The van der Waals surface area contributed by atoms with Crippen LogP contribution in [0.1, 0.15) is 18.4 Å². The topological polar surface area (TPSA) is 51.2 Å². The number of hydrogen-bond acceptors (Lipinski definition) is 6. The van der Waals surface area contributed by atoms with E-state index in [1.807, 2.05) is 23.9 Å². The van der Waals surface area contributed by atoms with E-state index in [0.717, 1.165) is 57.2 Å². The maximum absolute atomic E-state index is 10.4. The lowest BCUT2D eigenvalue weighted by molar-refractivity contribution is 0.0341. The molecule has 1 N–H and O–H groups in total. The van der Waals surface area contributed by atoms with Crippen molar-refractivity contribution in [3.63, 3.8) is 0 Å². The van der Waals surface area contributed by atoms with Gasteiger partial charge in [-0.25, -0.2) is 0 Å². The number of aliphatic hydroxyl groups is 1. The van der Waals surface area contributed by atoms with Crippen LogP contribution in [-0.4, -0.2) is 67.1 Å². The molecule has 5 nitrogen and oxygen atoms in total. The lowest BCUT2D eigenvalue weighted by Crippen LogP contribution is -2.35. The van der Waals surface area contributed by atoms with Gasteiger partial charge in [0.15, 0.2) is 11.5 Å². The second-order valence-electron chi connectivity index (χ2n) is 6.61. The molecule has 2 fully saturated rings. The van der Waals surface area contributed by atoms with Crippen molar-refractivity contribution < 1.29 is 19.3 Å². The fraction of sp³-hybridized carbons (Fsp3) is 0.600. The van der Waals surface area contributed by atoms with Gasteiger partial charge in [-0.1, -0.05) is 17.9 Å². The number of morpholine rings is 1. The van der Waals surface area contributed by atoms with Gasteiger partial charge in [0.25, 0.3) is 0 Å². The van der Waals surface area contributed by atoms with E-state index in [-0.39, 0.29) is 6.61 Å². The quantitative estimate of drug-likeness (QED) is 0.794. The Bertz CT molecular complexity index is 643. The van der Waals surface area contributed by atoms with Gasteiger partial charge in [0.05, 0.1) is 20.3 Å². The maximum Gasteiger partial charge on any atom is 0.162 e. The van der Waals surface area contributed by atoms with Gasteiger partial charge in [-0.2, -0.15) is 11.8 Å². The molecule has 2 saturated heterocycles. The normalized spacial score (nSPS) is 20.1. The zero-order valence-electron chi connectivity index (χ0n) is 15.3. The van der Waals surface area contributed by atoms with Gasteiger partial charge in [0.2, 0.25) is 0 Å². The Morgan fingerprint density at radius 3 is 2.73 bits per heavy atom. The van der Waals surface area contributed by atoms with Crippen LogP contribution in [0.5, 0.6) is 11.5 Å². The van der Waals surface area contributed by atoms with E-state index in [2.05, 4.69) is 22.8 Å². The summed E-state index contributed by atoms with van der Waals surface area (Å²) in [5.41, 5.74) is 0.329. The second-order valence-corrected chi connectivity index (χ2v) is 7.83. The molecule has 2 aliphatic rings. The molecule has 2 aliphatic heterocycles. The Morgan fingerprint density at radius 2 is 2.00 bits per heavy atom. The molecule has 142 valence electrons. The van der Waals surface area contributed by atoms with Crippen LogP contribution >= 0.6 is 11.8 Å². The third kappa shape index (κ3) is 5.55. The highest BCUT2D eigenvalue weighted by Crippen LogP contribution is 2.29. The van der Waals surface area contributed by atoms with E-state index in [1.54, 1.807) is 7.11 Å². The minimum atomic E-state index is -0.850. The molecule has 1 aromatic rings. The molecule has 0 spiro atoms. The predicted octanol–water partition coefficient (Wildman–Crippen LogP) is 2.17. The van der Waals surface area contributed by atoms with E-state index >= 15 is 0 Å². The molecule has 0 radical (unpaired) electrons. The van der Waals surface area contributed by atoms with Gasteiger partial charge in [-0.05, 0) is 42.0 Å². The van der Waals surface area contributed by atoms with Crippen molar-refractivity contribution in [1.29, 1.82) is 0 Å². The molecule has 0 amide bonds. The standard InChI is InChI=1S/C20H27NO4S/c1-23-18-4-3-17(16-21-8-11-24-12-9-21)15-19(18)25-10-2-5-20(22)6-13-26-14-7-20/h3-4,15,22H,6-14,16H2,1H3. The van der Waals surface area contributed by atoms with Gasteiger partial charge < -0.3 is 19.3 Å². The number of methoxy groups -OCH3 is 1. The monoisotopic (exact) mass is 377 g/mol. The van der Waals surface area contributed by atoms with Crippen molar-refractivity contribution in [2.45, 2.75) is 25.0 Å². The largest absolute Gasteiger partial charge is 0.493 e. The fourth-order valence-electron chi connectivity index (χ4n) is 3.10. The molecule has 0 saturated carbocycles. The molecule has 3 rings (SSSR count). The summed E-state index contributed by atoms with van der Waals surface area (Å²) in [5, 5.41) is 10.4. The first-order valence-electron chi connectivity index (χ1n) is 9.08. The third-order valence-electron chi connectivity index (χ3n) is 4.68. The maximum atomic E-state index is 10.4. The molecule has 0 atom stereocenters.